The zero-order chi connectivity index (χ0) is 12.7. The molecule has 0 aliphatic rings. The van der Waals surface area contributed by atoms with Gasteiger partial charge in [0.05, 0.1) is 5.54 Å². The zero-order valence-corrected chi connectivity index (χ0v) is 10.6. The van der Waals surface area contributed by atoms with Gasteiger partial charge < -0.3 is 16.0 Å². The predicted molar refractivity (Wildman–Crippen MR) is 67.4 cm³/mol. The van der Waals surface area contributed by atoms with Crippen LogP contribution in [0.25, 0.3) is 0 Å². The normalized spacial score (nSPS) is 14.3. The molecule has 4 N–H and O–H groups in total. The highest BCUT2D eigenvalue weighted by Gasteiger charge is 2.26. The molecule has 1 amide bonds. The van der Waals surface area contributed by atoms with Crippen LogP contribution in [-0.2, 0) is 11.2 Å². The predicted octanol–water partition coefficient (Wildman–Crippen LogP) is 0.976. The Hall–Kier alpha value is -1.36. The molecule has 1 atom stereocenters. The van der Waals surface area contributed by atoms with Crippen molar-refractivity contribution in [3.63, 3.8) is 0 Å². The van der Waals surface area contributed by atoms with Crippen molar-refractivity contribution in [2.75, 3.05) is 6.54 Å². The van der Waals surface area contributed by atoms with E-state index in [-0.39, 0.29) is 5.91 Å². The summed E-state index contributed by atoms with van der Waals surface area (Å²) < 4.78 is 0. The number of nitrogens with one attached hydrogen (secondary N) is 2. The van der Waals surface area contributed by atoms with E-state index in [1.807, 2.05) is 6.92 Å². The molecule has 1 aromatic rings. The Morgan fingerprint density at radius 1 is 1.65 bits per heavy atom. The number of nitrogens with two attached hydrogens (primary N) is 1. The van der Waals surface area contributed by atoms with Crippen LogP contribution in [-0.4, -0.2) is 28.0 Å². The topological polar surface area (TPSA) is 83.8 Å². The molecular weight excluding hydrogens is 216 g/mol. The van der Waals surface area contributed by atoms with Gasteiger partial charge in [-0.1, -0.05) is 13.3 Å². The third-order valence-electron chi connectivity index (χ3n) is 2.72. The summed E-state index contributed by atoms with van der Waals surface area (Å²) >= 11 is 0. The Bertz CT molecular complexity index is 332. The highest BCUT2D eigenvalue weighted by Crippen LogP contribution is 2.08. The van der Waals surface area contributed by atoms with Gasteiger partial charge in [0.15, 0.2) is 0 Å². The summed E-state index contributed by atoms with van der Waals surface area (Å²) in [4.78, 5) is 18.9. The van der Waals surface area contributed by atoms with Gasteiger partial charge in [0.25, 0.3) is 0 Å². The van der Waals surface area contributed by atoms with Crippen molar-refractivity contribution in [1.82, 2.24) is 15.3 Å². The molecule has 0 aromatic carbocycles. The van der Waals surface area contributed by atoms with E-state index in [1.165, 1.54) is 0 Å². The SMILES string of the molecule is CCCC(C)(N)C(=O)NCCCc1ncc[nH]1. The second kappa shape index (κ2) is 6.39. The van der Waals surface area contributed by atoms with Gasteiger partial charge in [-0.15, -0.1) is 0 Å². The molecule has 96 valence electrons. The first-order chi connectivity index (χ1) is 8.06. The molecule has 0 saturated carbocycles. The minimum Gasteiger partial charge on any atom is -0.355 e. The Labute approximate surface area is 102 Å². The van der Waals surface area contributed by atoms with Crippen LogP contribution in [0.3, 0.4) is 0 Å². The van der Waals surface area contributed by atoms with Gasteiger partial charge >= 0.3 is 0 Å². The van der Waals surface area contributed by atoms with Crippen LogP contribution in [0.15, 0.2) is 12.4 Å². The van der Waals surface area contributed by atoms with E-state index >= 15 is 0 Å². The van der Waals surface area contributed by atoms with Crippen LogP contribution in [0.4, 0.5) is 0 Å². The third-order valence-corrected chi connectivity index (χ3v) is 2.72. The number of amides is 1. The van der Waals surface area contributed by atoms with Crippen LogP contribution in [0, 0.1) is 0 Å². The maximum atomic E-state index is 11.8. The summed E-state index contributed by atoms with van der Waals surface area (Å²) in [7, 11) is 0. The van der Waals surface area contributed by atoms with Crippen molar-refractivity contribution < 1.29 is 4.79 Å². The highest BCUT2D eigenvalue weighted by atomic mass is 16.2. The summed E-state index contributed by atoms with van der Waals surface area (Å²) in [5.74, 6) is 0.877. The summed E-state index contributed by atoms with van der Waals surface area (Å²) in [5, 5.41) is 2.86. The van der Waals surface area contributed by atoms with Crippen LogP contribution >= 0.6 is 0 Å². The Morgan fingerprint density at radius 2 is 2.41 bits per heavy atom. The molecule has 5 nitrogen and oxygen atoms in total. The number of hydrogen-bond donors (Lipinski definition) is 3. The molecule has 1 unspecified atom stereocenters. The van der Waals surface area contributed by atoms with E-state index in [0.717, 1.165) is 25.1 Å². The minimum atomic E-state index is -0.751. The molecule has 0 bridgehead atoms. The number of aryl methyl sites for hydroxylation is 1. The first kappa shape index (κ1) is 13.7. The maximum absolute atomic E-state index is 11.8. The fourth-order valence-corrected chi connectivity index (χ4v) is 1.73. The molecule has 1 heterocycles. The summed E-state index contributed by atoms with van der Waals surface area (Å²) in [6, 6.07) is 0. The third kappa shape index (κ3) is 4.56. The molecule has 5 heteroatoms. The Kier molecular flexibility index (Phi) is 5.15. The van der Waals surface area contributed by atoms with E-state index in [9.17, 15) is 4.79 Å². The van der Waals surface area contributed by atoms with Crippen LogP contribution < -0.4 is 11.1 Å². The molecule has 0 saturated heterocycles. The summed E-state index contributed by atoms with van der Waals surface area (Å²) in [6.07, 6.45) is 6.84. The van der Waals surface area contributed by atoms with Crippen molar-refractivity contribution >= 4 is 5.91 Å². The number of imidazole rings is 1. The number of carbonyl (C=O) groups is 1. The second-order valence-electron chi connectivity index (χ2n) is 4.56. The fraction of sp³-hybridized carbons (Fsp3) is 0.667. The average molecular weight is 238 g/mol. The van der Waals surface area contributed by atoms with Gasteiger partial charge in [0.1, 0.15) is 5.82 Å². The number of aromatic amines is 1. The standard InChI is InChI=1S/C12H22N4O/c1-3-6-12(2,13)11(17)16-7-4-5-10-14-8-9-15-10/h8-9H,3-7,13H2,1-2H3,(H,14,15)(H,16,17). The monoisotopic (exact) mass is 238 g/mol. The molecule has 0 spiro atoms. The lowest BCUT2D eigenvalue weighted by atomic mass is 9.96. The van der Waals surface area contributed by atoms with Crippen LogP contribution in [0.2, 0.25) is 0 Å². The lowest BCUT2D eigenvalue weighted by Gasteiger charge is -2.22. The Morgan fingerprint density at radius 3 is 3.00 bits per heavy atom. The first-order valence-corrected chi connectivity index (χ1v) is 6.11. The van der Waals surface area contributed by atoms with Gasteiger partial charge in [-0.05, 0) is 19.8 Å². The number of carbonyl (C=O) groups excluding carboxylic acids is 1. The number of H-pyrrole nitrogens is 1. The molecular formula is C12H22N4O. The van der Waals surface area contributed by atoms with E-state index < -0.39 is 5.54 Å². The molecule has 0 aliphatic heterocycles. The lowest BCUT2D eigenvalue weighted by Crippen LogP contribution is -2.51. The largest absolute Gasteiger partial charge is 0.355 e. The van der Waals surface area contributed by atoms with Crippen molar-refractivity contribution in [1.29, 1.82) is 0 Å². The zero-order valence-electron chi connectivity index (χ0n) is 10.6. The van der Waals surface area contributed by atoms with Crippen LogP contribution in [0.5, 0.6) is 0 Å². The minimum absolute atomic E-state index is 0.0706. The van der Waals surface area contributed by atoms with Gasteiger partial charge in [-0.25, -0.2) is 4.98 Å². The van der Waals surface area contributed by atoms with Crippen molar-refractivity contribution in [2.24, 2.45) is 5.73 Å². The first-order valence-electron chi connectivity index (χ1n) is 6.11. The summed E-state index contributed by atoms with van der Waals surface area (Å²) in [6.45, 7) is 4.43. The van der Waals surface area contributed by atoms with Gasteiger partial charge in [0.2, 0.25) is 5.91 Å². The smallest absolute Gasteiger partial charge is 0.239 e. The average Bonchev–Trinajstić information content (AvgIpc) is 2.76. The molecule has 17 heavy (non-hydrogen) atoms. The number of hydrogen-bond acceptors (Lipinski definition) is 3. The maximum Gasteiger partial charge on any atom is 0.239 e. The molecule has 0 aliphatic carbocycles. The number of nitrogens with zero attached hydrogens (tertiary/aromatic N) is 1. The van der Waals surface area contributed by atoms with E-state index in [4.69, 9.17) is 5.73 Å². The fourth-order valence-electron chi connectivity index (χ4n) is 1.73. The van der Waals surface area contributed by atoms with Gasteiger partial charge in [-0.2, -0.15) is 0 Å². The summed E-state index contributed by atoms with van der Waals surface area (Å²) in [5.41, 5.74) is 5.17. The van der Waals surface area contributed by atoms with Crippen molar-refractivity contribution in [3.05, 3.63) is 18.2 Å². The number of rotatable bonds is 7. The quantitative estimate of drug-likeness (QED) is 0.619. The molecule has 0 radical (unpaired) electrons. The van der Waals surface area contributed by atoms with Gasteiger partial charge in [0, 0.05) is 25.4 Å². The number of aromatic nitrogens is 2. The van der Waals surface area contributed by atoms with Gasteiger partial charge in [-0.3, -0.25) is 4.79 Å². The lowest BCUT2D eigenvalue weighted by molar-refractivity contribution is -0.126. The van der Waals surface area contributed by atoms with Crippen molar-refractivity contribution in [2.45, 2.75) is 45.1 Å². The molecule has 0 fully saturated rings. The van der Waals surface area contributed by atoms with E-state index in [1.54, 1.807) is 19.3 Å². The Balaban J connectivity index is 2.20. The van der Waals surface area contributed by atoms with E-state index in [0.29, 0.717) is 13.0 Å². The van der Waals surface area contributed by atoms with Crippen LogP contribution in [0.1, 0.15) is 38.9 Å². The second-order valence-corrected chi connectivity index (χ2v) is 4.56. The molecule has 1 aromatic heterocycles. The van der Waals surface area contributed by atoms with E-state index in [2.05, 4.69) is 15.3 Å². The van der Waals surface area contributed by atoms with Crippen molar-refractivity contribution in [3.8, 4) is 0 Å². The highest BCUT2D eigenvalue weighted by molar-refractivity contribution is 5.85. The molecule has 1 rings (SSSR count).